The molecule has 0 aliphatic heterocycles. The first-order chi connectivity index (χ1) is 18.7. The van der Waals surface area contributed by atoms with Crippen molar-refractivity contribution < 1.29 is 21.3 Å². The fourth-order valence-electron chi connectivity index (χ4n) is 6.85. The first-order valence-corrected chi connectivity index (χ1v) is 17.6. The van der Waals surface area contributed by atoms with Gasteiger partial charge < -0.3 is 0 Å². The van der Waals surface area contributed by atoms with Crippen LogP contribution in [-0.4, -0.2) is 3.21 Å². The molecule has 3 heteroatoms. The molecule has 0 N–H and O–H groups in total. The van der Waals surface area contributed by atoms with E-state index in [1.165, 1.54) is 50.1 Å². The van der Waals surface area contributed by atoms with Crippen LogP contribution < -0.4 is 0 Å². The number of halogens is 2. The third-order valence-corrected chi connectivity index (χ3v) is 17.1. The van der Waals surface area contributed by atoms with Crippen molar-refractivity contribution >= 4 is 33.6 Å². The first-order valence-electron chi connectivity index (χ1n) is 13.5. The maximum atomic E-state index is 2.64. The van der Waals surface area contributed by atoms with Crippen LogP contribution in [0.25, 0.3) is 16.7 Å². The van der Waals surface area contributed by atoms with Gasteiger partial charge in [-0.1, -0.05) is 0 Å². The van der Waals surface area contributed by atoms with Gasteiger partial charge in [-0.15, -0.1) is 24.8 Å². The topological polar surface area (TPSA) is 0 Å². The van der Waals surface area contributed by atoms with Crippen LogP contribution in [0.15, 0.2) is 133 Å². The number of hydrogen-bond acceptors (Lipinski definition) is 0. The second-order valence-electron chi connectivity index (χ2n) is 10.5. The average Bonchev–Trinajstić information content (AvgIpc) is 3.48. The van der Waals surface area contributed by atoms with E-state index in [9.17, 15) is 0 Å². The Kier molecular flexibility index (Phi) is 8.58. The van der Waals surface area contributed by atoms with Crippen LogP contribution in [0.4, 0.5) is 0 Å². The van der Waals surface area contributed by atoms with Gasteiger partial charge in [0.05, 0.1) is 0 Å². The molecule has 0 amide bonds. The maximum Gasteiger partial charge on any atom is -0.147 e. The van der Waals surface area contributed by atoms with Crippen molar-refractivity contribution in [1.29, 1.82) is 0 Å². The fourth-order valence-corrected chi connectivity index (χ4v) is 17.0. The zero-order valence-electron chi connectivity index (χ0n) is 22.7. The molecule has 0 aromatic heterocycles. The van der Waals surface area contributed by atoms with Gasteiger partial charge in [0, 0.05) is 0 Å². The molecule has 2 aliphatic carbocycles. The molecule has 0 fully saturated rings. The number of hydrogen-bond donors (Lipinski definition) is 0. The molecular formula is C37H32Cl2Zr. The predicted molar refractivity (Wildman–Crippen MR) is 172 cm³/mol. The van der Waals surface area contributed by atoms with Crippen molar-refractivity contribution in [2.45, 2.75) is 21.1 Å². The largest absolute Gasteiger partial charge is 0.147 e. The standard InChI is InChI=1S/C13H9.C13H10.C11H11.2ClH.Zr/c1-3-7-12-10(5-1)9-11-6-2-4-8-13(11)12;1-3-7-12(8-4-1)11-13-9-5-2-6-10-13;1-8-4-3-5-10-7-6-9(2)11(8)10;;;/h1-9H;1-10H;3-7H,1-2H3;2*1H;. The molecule has 0 spiro atoms. The van der Waals surface area contributed by atoms with Crippen LogP contribution in [0.3, 0.4) is 0 Å². The van der Waals surface area contributed by atoms with Crippen LogP contribution >= 0.6 is 24.8 Å². The Labute approximate surface area is 257 Å². The van der Waals surface area contributed by atoms with Crippen molar-refractivity contribution in [1.82, 2.24) is 0 Å². The van der Waals surface area contributed by atoms with Crippen molar-refractivity contribution in [2.75, 3.05) is 0 Å². The van der Waals surface area contributed by atoms with E-state index in [0.29, 0.717) is 7.25 Å². The molecule has 0 nitrogen and oxygen atoms in total. The Morgan fingerprint density at radius 1 is 0.525 bits per heavy atom. The smallest absolute Gasteiger partial charge is 0.147 e. The molecule has 0 bridgehead atoms. The van der Waals surface area contributed by atoms with Gasteiger partial charge >= 0.3 is 235 Å². The van der Waals surface area contributed by atoms with E-state index < -0.39 is 21.3 Å². The molecular weight excluding hydrogens is 607 g/mol. The van der Waals surface area contributed by atoms with Crippen molar-refractivity contribution in [3.63, 3.8) is 0 Å². The number of rotatable bonds is 4. The summed E-state index contributed by atoms with van der Waals surface area (Å²) >= 11 is -2.69. The Hall–Kier alpha value is -2.83. The molecule has 5 aromatic rings. The maximum absolute atomic E-state index is 2.69. The van der Waals surface area contributed by atoms with Crippen molar-refractivity contribution in [2.24, 2.45) is 0 Å². The van der Waals surface area contributed by atoms with Gasteiger partial charge in [0.25, 0.3) is 0 Å². The molecule has 7 rings (SSSR count). The monoisotopic (exact) mass is 636 g/mol. The summed E-state index contributed by atoms with van der Waals surface area (Å²) in [6, 6.07) is 47.9. The molecule has 1 atom stereocenters. The van der Waals surface area contributed by atoms with Crippen molar-refractivity contribution in [3.8, 4) is 11.1 Å². The summed E-state index contributed by atoms with van der Waals surface area (Å²) in [6.45, 7) is 4.61. The van der Waals surface area contributed by atoms with Crippen LogP contribution in [0.5, 0.6) is 0 Å². The van der Waals surface area contributed by atoms with Gasteiger partial charge in [0.2, 0.25) is 0 Å². The number of aryl methyl sites for hydroxylation is 1. The fraction of sp³-hybridized carbons (Fsp3) is 0.108. The average molecular weight is 639 g/mol. The Balaban J connectivity index is 0.00000161. The molecule has 40 heavy (non-hydrogen) atoms. The zero-order valence-corrected chi connectivity index (χ0v) is 26.8. The van der Waals surface area contributed by atoms with E-state index in [1.807, 2.05) is 0 Å². The minimum absolute atomic E-state index is 0. The third kappa shape index (κ3) is 4.73. The summed E-state index contributed by atoms with van der Waals surface area (Å²) in [5, 5.41) is 0. The SMILES string of the molecule is CC1=C[CH]([Zr](=[C](c2ccccc2)c2ccccc2)[CH]2c3ccccc3-c3ccccc32)c2cccc(C)c21.Cl.Cl. The van der Waals surface area contributed by atoms with Crippen LogP contribution in [0.1, 0.15) is 53.1 Å². The van der Waals surface area contributed by atoms with Gasteiger partial charge in [-0.2, -0.15) is 0 Å². The van der Waals surface area contributed by atoms with Crippen molar-refractivity contribution in [3.05, 3.63) is 172 Å². The number of fused-ring (bicyclic) bond motifs is 4. The van der Waals surface area contributed by atoms with E-state index in [1.54, 1.807) is 8.77 Å². The van der Waals surface area contributed by atoms with E-state index in [0.717, 1.165) is 0 Å². The van der Waals surface area contributed by atoms with Gasteiger partial charge in [-0.3, -0.25) is 0 Å². The summed E-state index contributed by atoms with van der Waals surface area (Å²) in [4.78, 5) is 0. The molecule has 5 aromatic carbocycles. The second kappa shape index (κ2) is 12.0. The summed E-state index contributed by atoms with van der Waals surface area (Å²) in [7, 11) is 0. The zero-order chi connectivity index (χ0) is 25.6. The normalized spacial score (nSPS) is 14.7. The molecule has 0 heterocycles. The second-order valence-corrected chi connectivity index (χ2v) is 17.0. The van der Waals surface area contributed by atoms with E-state index in [2.05, 4.69) is 147 Å². The summed E-state index contributed by atoms with van der Waals surface area (Å²) in [5.41, 5.74) is 14.6. The van der Waals surface area contributed by atoms with E-state index >= 15 is 0 Å². The van der Waals surface area contributed by atoms with Gasteiger partial charge in [0.1, 0.15) is 0 Å². The minimum Gasteiger partial charge on any atom is -0.147 e. The molecule has 0 saturated carbocycles. The Morgan fingerprint density at radius 2 is 1.00 bits per heavy atom. The summed E-state index contributed by atoms with van der Waals surface area (Å²) in [5.74, 6) is 0. The molecule has 0 radical (unpaired) electrons. The van der Waals surface area contributed by atoms with E-state index in [-0.39, 0.29) is 24.8 Å². The van der Waals surface area contributed by atoms with E-state index in [4.69, 9.17) is 0 Å². The van der Waals surface area contributed by atoms with Crippen LogP contribution in [-0.2, 0) is 21.3 Å². The number of allylic oxidation sites excluding steroid dienone is 2. The summed E-state index contributed by atoms with van der Waals surface area (Å²) in [6.07, 6.45) is 2.64. The molecule has 198 valence electrons. The predicted octanol–water partition coefficient (Wildman–Crippen LogP) is 9.95. The van der Waals surface area contributed by atoms with Gasteiger partial charge in [-0.05, 0) is 0 Å². The quantitative estimate of drug-likeness (QED) is 0.184. The third-order valence-electron chi connectivity index (χ3n) is 8.34. The van der Waals surface area contributed by atoms with Crippen LogP contribution in [0, 0.1) is 6.92 Å². The van der Waals surface area contributed by atoms with Gasteiger partial charge in [0.15, 0.2) is 0 Å². The van der Waals surface area contributed by atoms with Crippen LogP contribution in [0.2, 0.25) is 0 Å². The molecule has 2 aliphatic rings. The van der Waals surface area contributed by atoms with Gasteiger partial charge in [-0.25, -0.2) is 0 Å². The molecule has 0 saturated heterocycles. The molecule has 1 unspecified atom stereocenters. The number of benzene rings is 5. The first kappa shape index (κ1) is 28.7. The Morgan fingerprint density at radius 3 is 1.55 bits per heavy atom. The summed E-state index contributed by atoms with van der Waals surface area (Å²) < 4.78 is 2.53. The Bertz CT molecular complexity index is 1650. The minimum atomic E-state index is -2.69.